The molecule has 10 nitrogen and oxygen atoms in total. The number of rotatable bonds is 12. The number of carbonyl (C=O) groups excluding carboxylic acids is 3. The van der Waals surface area contributed by atoms with E-state index in [1.54, 1.807) is 13.0 Å². The number of ether oxygens (including phenoxy) is 2. The van der Waals surface area contributed by atoms with Gasteiger partial charge >= 0.3 is 12.0 Å². The van der Waals surface area contributed by atoms with Crippen molar-refractivity contribution in [1.82, 2.24) is 15.1 Å². The summed E-state index contributed by atoms with van der Waals surface area (Å²) in [5, 5.41) is 9.90. The molecular weight excluding hydrogens is 594 g/mol. The number of amides is 3. The first-order valence-electron chi connectivity index (χ1n) is 16.2. The summed E-state index contributed by atoms with van der Waals surface area (Å²) in [6.45, 7) is 7.69. The summed E-state index contributed by atoms with van der Waals surface area (Å²) < 4.78 is 12.7. The molecule has 0 bridgehead atoms. The Morgan fingerprint density at radius 2 is 1.87 bits per heavy atom. The maximum absolute atomic E-state index is 13.5. The fourth-order valence-electron chi connectivity index (χ4n) is 6.29. The highest BCUT2D eigenvalue weighted by Crippen LogP contribution is 2.57. The van der Waals surface area contributed by atoms with Crippen LogP contribution in [0.5, 0.6) is 5.75 Å². The Balaban J connectivity index is 1.09. The molecule has 4 aromatic rings. The second-order valence-electron chi connectivity index (χ2n) is 12.2. The van der Waals surface area contributed by atoms with Crippen LogP contribution in [0.1, 0.15) is 54.4 Å². The third-order valence-corrected chi connectivity index (χ3v) is 8.91. The number of anilines is 2. The van der Waals surface area contributed by atoms with Gasteiger partial charge in [0, 0.05) is 36.1 Å². The molecule has 0 saturated heterocycles. The van der Waals surface area contributed by atoms with Crippen molar-refractivity contribution in [2.24, 2.45) is 5.92 Å². The maximum atomic E-state index is 13.5. The van der Waals surface area contributed by atoms with Crippen LogP contribution in [-0.2, 0) is 20.9 Å². The molecule has 2 heterocycles. The number of benzene rings is 3. The van der Waals surface area contributed by atoms with Crippen LogP contribution in [-0.4, -0.2) is 54.0 Å². The van der Waals surface area contributed by atoms with Crippen molar-refractivity contribution in [3.63, 3.8) is 0 Å². The molecule has 10 heteroatoms. The van der Waals surface area contributed by atoms with Crippen LogP contribution in [0.2, 0.25) is 0 Å². The number of aromatic nitrogens is 2. The molecule has 47 heavy (non-hydrogen) atoms. The van der Waals surface area contributed by atoms with E-state index in [9.17, 15) is 14.4 Å². The number of esters is 1. The molecule has 1 aliphatic carbocycles. The van der Waals surface area contributed by atoms with E-state index in [1.165, 1.54) is 11.1 Å². The van der Waals surface area contributed by atoms with Crippen molar-refractivity contribution < 1.29 is 23.9 Å². The molecule has 2 atom stereocenters. The summed E-state index contributed by atoms with van der Waals surface area (Å²) in [5.74, 6) is 1.47. The molecule has 0 radical (unpaired) electrons. The summed E-state index contributed by atoms with van der Waals surface area (Å²) in [5.41, 5.74) is 8.27. The smallest absolute Gasteiger partial charge is 0.325 e. The van der Waals surface area contributed by atoms with E-state index in [-0.39, 0.29) is 19.1 Å². The molecule has 6 rings (SSSR count). The van der Waals surface area contributed by atoms with Gasteiger partial charge in [0.05, 0.1) is 26.0 Å². The highest BCUT2D eigenvalue weighted by molar-refractivity contribution is 5.97. The largest absolute Gasteiger partial charge is 0.493 e. The van der Waals surface area contributed by atoms with Gasteiger partial charge in [0.1, 0.15) is 12.3 Å². The van der Waals surface area contributed by atoms with Crippen molar-refractivity contribution >= 4 is 29.3 Å². The van der Waals surface area contributed by atoms with Crippen molar-refractivity contribution in [2.75, 3.05) is 36.5 Å². The standard InChI is InChI=1S/C37H41N5O5/c1-4-46-35(44)20-38-37(45)40-29-11-6-10-26(17-29)21-41-22-28(19-39-41)30-12-7-13-32-36(30)31-18-27(31)23-42(32)34(43)15-8-16-47-33-14-5-9-24(2)25(33)3/h5-7,9-14,17,19,22,27,31H,4,8,15-16,18,20-21,23H2,1-3H3,(H2,38,40,45). The van der Waals surface area contributed by atoms with Gasteiger partial charge in [-0.2, -0.15) is 5.10 Å². The zero-order chi connectivity index (χ0) is 32.9. The molecule has 1 aromatic heterocycles. The number of carbonyl (C=O) groups is 3. The average molecular weight is 636 g/mol. The van der Waals surface area contributed by atoms with Crippen LogP contribution in [0, 0.1) is 19.8 Å². The third-order valence-electron chi connectivity index (χ3n) is 8.91. The number of urea groups is 1. The molecule has 2 unspecified atom stereocenters. The minimum Gasteiger partial charge on any atom is -0.493 e. The highest BCUT2D eigenvalue weighted by atomic mass is 16.5. The monoisotopic (exact) mass is 635 g/mol. The van der Waals surface area contributed by atoms with Crippen LogP contribution in [0.25, 0.3) is 11.1 Å². The topological polar surface area (TPSA) is 115 Å². The highest BCUT2D eigenvalue weighted by Gasteiger charge is 2.47. The molecule has 3 amide bonds. The molecule has 2 aliphatic rings. The van der Waals surface area contributed by atoms with Crippen molar-refractivity contribution in [3.05, 3.63) is 95.3 Å². The molecular formula is C37H41N5O5. The van der Waals surface area contributed by atoms with E-state index in [4.69, 9.17) is 9.47 Å². The molecule has 0 spiro atoms. The van der Waals surface area contributed by atoms with Gasteiger partial charge in [-0.3, -0.25) is 14.3 Å². The molecule has 1 fully saturated rings. The Morgan fingerprint density at radius 1 is 1.04 bits per heavy atom. The number of hydrogen-bond acceptors (Lipinski definition) is 6. The molecule has 2 N–H and O–H groups in total. The van der Waals surface area contributed by atoms with Gasteiger partial charge in [-0.15, -0.1) is 0 Å². The minimum atomic E-state index is -0.489. The van der Waals surface area contributed by atoms with Gasteiger partial charge in [0.2, 0.25) is 5.91 Å². The van der Waals surface area contributed by atoms with Crippen molar-refractivity contribution in [3.8, 4) is 16.9 Å². The van der Waals surface area contributed by atoms with Crippen LogP contribution in [0.15, 0.2) is 73.1 Å². The predicted molar refractivity (Wildman–Crippen MR) is 181 cm³/mol. The van der Waals surface area contributed by atoms with Crippen LogP contribution in [0.4, 0.5) is 16.2 Å². The van der Waals surface area contributed by atoms with E-state index in [0.717, 1.165) is 46.7 Å². The fourth-order valence-corrected chi connectivity index (χ4v) is 6.29. The summed E-state index contributed by atoms with van der Waals surface area (Å²) in [4.78, 5) is 39.2. The van der Waals surface area contributed by atoms with E-state index in [0.29, 0.717) is 43.5 Å². The molecule has 1 saturated carbocycles. The third kappa shape index (κ3) is 7.48. The molecule has 244 valence electrons. The fraction of sp³-hybridized carbons (Fsp3) is 0.351. The zero-order valence-corrected chi connectivity index (χ0v) is 27.1. The van der Waals surface area contributed by atoms with Gasteiger partial charge in [0.15, 0.2) is 0 Å². The average Bonchev–Trinajstić information content (AvgIpc) is 3.71. The lowest BCUT2D eigenvalue weighted by Crippen LogP contribution is -2.36. The van der Waals surface area contributed by atoms with Crippen molar-refractivity contribution in [1.29, 1.82) is 0 Å². The predicted octanol–water partition coefficient (Wildman–Crippen LogP) is 6.21. The van der Waals surface area contributed by atoms with Gasteiger partial charge in [-0.1, -0.05) is 36.4 Å². The Kier molecular flexibility index (Phi) is 9.56. The van der Waals surface area contributed by atoms with Gasteiger partial charge in [0.25, 0.3) is 0 Å². The Labute approximate surface area is 275 Å². The van der Waals surface area contributed by atoms with E-state index in [1.807, 2.05) is 58.4 Å². The quantitative estimate of drug-likeness (QED) is 0.141. The first-order chi connectivity index (χ1) is 22.8. The maximum Gasteiger partial charge on any atom is 0.325 e. The summed E-state index contributed by atoms with van der Waals surface area (Å²) >= 11 is 0. The zero-order valence-electron chi connectivity index (χ0n) is 27.1. The second kappa shape index (κ2) is 14.1. The van der Waals surface area contributed by atoms with Gasteiger partial charge < -0.3 is 25.0 Å². The second-order valence-corrected chi connectivity index (χ2v) is 12.2. The van der Waals surface area contributed by atoms with Gasteiger partial charge in [-0.05, 0) is 97.5 Å². The molecule has 3 aromatic carbocycles. The lowest BCUT2D eigenvalue weighted by Gasteiger charge is -2.30. The van der Waals surface area contributed by atoms with E-state index >= 15 is 0 Å². The lowest BCUT2D eigenvalue weighted by molar-refractivity contribution is -0.141. The van der Waals surface area contributed by atoms with E-state index in [2.05, 4.69) is 47.8 Å². The van der Waals surface area contributed by atoms with Crippen LogP contribution >= 0.6 is 0 Å². The number of nitrogens with one attached hydrogen (secondary N) is 2. The van der Waals surface area contributed by atoms with Gasteiger partial charge in [-0.25, -0.2) is 4.79 Å². The Morgan fingerprint density at radius 3 is 2.72 bits per heavy atom. The van der Waals surface area contributed by atoms with Crippen LogP contribution < -0.4 is 20.3 Å². The molecule has 1 aliphatic heterocycles. The SMILES string of the molecule is CCOC(=O)CNC(=O)Nc1cccc(Cn2cc(-c3cccc4c3C3CC3CN4C(=O)CCCOc3cccc(C)c3C)cn2)c1. The summed E-state index contributed by atoms with van der Waals surface area (Å²) in [6, 6.07) is 19.3. The Hall–Kier alpha value is -5.12. The minimum absolute atomic E-state index is 0.136. The summed E-state index contributed by atoms with van der Waals surface area (Å²) in [6.07, 6.45) is 6.09. The Bertz CT molecular complexity index is 1780. The lowest BCUT2D eigenvalue weighted by atomic mass is 9.92. The first-order valence-corrected chi connectivity index (χ1v) is 16.2. The van der Waals surface area contributed by atoms with Crippen molar-refractivity contribution in [2.45, 2.75) is 52.5 Å². The number of hydrogen-bond donors (Lipinski definition) is 2. The first kappa shape index (κ1) is 31.8. The number of aryl methyl sites for hydroxylation is 1. The number of nitrogens with zero attached hydrogens (tertiary/aromatic N) is 3. The van der Waals surface area contributed by atoms with Crippen LogP contribution in [0.3, 0.4) is 0 Å². The normalized spacial score (nSPS) is 16.1. The number of fused-ring (bicyclic) bond motifs is 3. The van der Waals surface area contributed by atoms with E-state index < -0.39 is 12.0 Å². The summed E-state index contributed by atoms with van der Waals surface area (Å²) in [7, 11) is 0.